The second-order valence-corrected chi connectivity index (χ2v) is 5.70. The molecule has 0 heterocycles. The van der Waals surface area contributed by atoms with E-state index in [0.29, 0.717) is 48.5 Å². The predicted molar refractivity (Wildman–Crippen MR) is 106 cm³/mol. The fourth-order valence-electron chi connectivity index (χ4n) is 2.51. The number of carbonyl (C=O) groups excluding carboxylic acids is 2. The van der Waals surface area contributed by atoms with E-state index in [1.807, 2.05) is 20.8 Å². The molecule has 0 atom stereocenters. The van der Waals surface area contributed by atoms with Crippen LogP contribution in [0.4, 0.5) is 5.69 Å². The van der Waals surface area contributed by atoms with Crippen LogP contribution in [-0.2, 0) is 4.79 Å². The van der Waals surface area contributed by atoms with Gasteiger partial charge in [-0.15, -0.1) is 0 Å². The lowest BCUT2D eigenvalue weighted by atomic mass is 10.1. The molecule has 0 aromatic heterocycles. The zero-order valence-electron chi connectivity index (χ0n) is 16.5. The fourth-order valence-corrected chi connectivity index (χ4v) is 2.51. The van der Waals surface area contributed by atoms with Crippen molar-refractivity contribution in [2.45, 2.75) is 27.7 Å². The molecule has 150 valence electrons. The van der Waals surface area contributed by atoms with E-state index in [0.717, 1.165) is 0 Å². The van der Waals surface area contributed by atoms with Crippen LogP contribution in [0.2, 0.25) is 0 Å². The van der Waals surface area contributed by atoms with Gasteiger partial charge in [0.15, 0.2) is 11.5 Å². The molecule has 1 amide bonds. The van der Waals surface area contributed by atoms with E-state index in [1.165, 1.54) is 6.92 Å². The van der Waals surface area contributed by atoms with Crippen LogP contribution in [-0.4, -0.2) is 31.7 Å². The molecule has 0 radical (unpaired) electrons. The monoisotopic (exact) mass is 387 g/mol. The summed E-state index contributed by atoms with van der Waals surface area (Å²) in [6.45, 7) is 8.19. The molecule has 0 saturated heterocycles. The van der Waals surface area contributed by atoms with Gasteiger partial charge in [-0.1, -0.05) is 6.07 Å². The summed E-state index contributed by atoms with van der Waals surface area (Å²) in [6.07, 6.45) is 0. The number of hydrogen-bond donors (Lipinski definition) is 1. The number of rotatable bonds is 9. The van der Waals surface area contributed by atoms with Crippen molar-refractivity contribution in [3.05, 3.63) is 42.0 Å². The van der Waals surface area contributed by atoms with Gasteiger partial charge in [-0.3, -0.25) is 4.79 Å². The van der Waals surface area contributed by atoms with Crippen LogP contribution in [0.3, 0.4) is 0 Å². The Kier molecular flexibility index (Phi) is 7.68. The third kappa shape index (κ3) is 5.64. The highest BCUT2D eigenvalue weighted by molar-refractivity contribution is 5.93. The SMILES string of the molecule is CCOc1cc(C(=O)Oc2cccc(NC(C)=O)c2)cc(OCC)c1OCC. The highest BCUT2D eigenvalue weighted by Gasteiger charge is 2.19. The predicted octanol–water partition coefficient (Wildman–Crippen LogP) is 4.06. The first-order chi connectivity index (χ1) is 13.5. The lowest BCUT2D eigenvalue weighted by molar-refractivity contribution is -0.114. The molecular formula is C21H25NO6. The van der Waals surface area contributed by atoms with Crippen LogP contribution in [0.15, 0.2) is 36.4 Å². The highest BCUT2D eigenvalue weighted by Crippen LogP contribution is 2.39. The topological polar surface area (TPSA) is 83.1 Å². The molecule has 0 spiro atoms. The van der Waals surface area contributed by atoms with Crippen LogP contribution in [0.1, 0.15) is 38.1 Å². The normalized spacial score (nSPS) is 10.1. The van der Waals surface area contributed by atoms with Gasteiger partial charge in [0, 0.05) is 18.7 Å². The minimum absolute atomic E-state index is 0.210. The van der Waals surface area contributed by atoms with Gasteiger partial charge >= 0.3 is 5.97 Å². The van der Waals surface area contributed by atoms with Gasteiger partial charge in [-0.25, -0.2) is 4.79 Å². The van der Waals surface area contributed by atoms with E-state index in [4.69, 9.17) is 18.9 Å². The zero-order chi connectivity index (χ0) is 20.5. The average molecular weight is 387 g/mol. The van der Waals surface area contributed by atoms with Crippen LogP contribution >= 0.6 is 0 Å². The first-order valence-electron chi connectivity index (χ1n) is 9.14. The molecule has 0 saturated carbocycles. The Morgan fingerprint density at radius 2 is 1.50 bits per heavy atom. The van der Waals surface area contributed by atoms with Crippen molar-refractivity contribution in [2.75, 3.05) is 25.1 Å². The molecule has 0 aliphatic carbocycles. The second kappa shape index (κ2) is 10.2. The summed E-state index contributed by atoms with van der Waals surface area (Å²) < 4.78 is 22.3. The molecule has 1 N–H and O–H groups in total. The maximum Gasteiger partial charge on any atom is 0.343 e. The molecule has 2 aromatic rings. The van der Waals surface area contributed by atoms with Crippen LogP contribution in [0.25, 0.3) is 0 Å². The Bertz CT molecular complexity index is 806. The largest absolute Gasteiger partial charge is 0.490 e. The number of esters is 1. The van der Waals surface area contributed by atoms with Crippen molar-refractivity contribution < 1.29 is 28.5 Å². The third-order valence-corrected chi connectivity index (χ3v) is 3.51. The summed E-state index contributed by atoms with van der Waals surface area (Å²) in [5, 5.41) is 2.64. The van der Waals surface area contributed by atoms with Gasteiger partial charge in [0.25, 0.3) is 0 Å². The molecule has 0 aliphatic rings. The number of ether oxygens (including phenoxy) is 4. The molecule has 2 aromatic carbocycles. The number of hydrogen-bond acceptors (Lipinski definition) is 6. The van der Waals surface area contributed by atoms with Crippen molar-refractivity contribution in [3.63, 3.8) is 0 Å². The third-order valence-electron chi connectivity index (χ3n) is 3.51. The number of amides is 1. The Morgan fingerprint density at radius 3 is 2.04 bits per heavy atom. The molecule has 0 fully saturated rings. The summed E-state index contributed by atoms with van der Waals surface area (Å²) in [5.74, 6) is 0.794. The molecule has 7 nitrogen and oxygen atoms in total. The zero-order valence-corrected chi connectivity index (χ0v) is 16.5. The smallest absolute Gasteiger partial charge is 0.343 e. The van der Waals surface area contributed by atoms with Crippen LogP contribution < -0.4 is 24.3 Å². The van der Waals surface area contributed by atoms with E-state index >= 15 is 0 Å². The van der Waals surface area contributed by atoms with Crippen molar-refractivity contribution in [1.29, 1.82) is 0 Å². The maximum absolute atomic E-state index is 12.7. The molecule has 2 rings (SSSR count). The van der Waals surface area contributed by atoms with E-state index in [9.17, 15) is 9.59 Å². The summed E-state index contributed by atoms with van der Waals surface area (Å²) >= 11 is 0. The van der Waals surface area contributed by atoms with Gasteiger partial charge in [0.05, 0.1) is 25.4 Å². The first-order valence-corrected chi connectivity index (χ1v) is 9.14. The Morgan fingerprint density at radius 1 is 0.893 bits per heavy atom. The van der Waals surface area contributed by atoms with Crippen LogP contribution in [0.5, 0.6) is 23.0 Å². The summed E-state index contributed by atoms with van der Waals surface area (Å²) in [6, 6.07) is 9.72. The molecular weight excluding hydrogens is 362 g/mol. The number of nitrogens with one attached hydrogen (secondary N) is 1. The highest BCUT2D eigenvalue weighted by atomic mass is 16.5. The van der Waals surface area contributed by atoms with Gasteiger partial charge in [-0.2, -0.15) is 0 Å². The van der Waals surface area contributed by atoms with Crippen molar-refractivity contribution in [2.24, 2.45) is 0 Å². The van der Waals surface area contributed by atoms with Gasteiger partial charge < -0.3 is 24.3 Å². The molecule has 0 unspecified atom stereocenters. The number of anilines is 1. The van der Waals surface area contributed by atoms with Gasteiger partial charge in [0.2, 0.25) is 11.7 Å². The van der Waals surface area contributed by atoms with Crippen molar-refractivity contribution in [3.8, 4) is 23.0 Å². The molecule has 7 heteroatoms. The summed E-state index contributed by atoms with van der Waals surface area (Å²) in [7, 11) is 0. The Balaban J connectivity index is 2.32. The first kappa shape index (κ1) is 21.1. The Hall–Kier alpha value is -3.22. The summed E-state index contributed by atoms with van der Waals surface area (Å²) in [4.78, 5) is 23.9. The van der Waals surface area contributed by atoms with Crippen LogP contribution in [0, 0.1) is 0 Å². The number of benzene rings is 2. The maximum atomic E-state index is 12.7. The molecule has 0 aliphatic heterocycles. The van der Waals surface area contributed by atoms with E-state index in [1.54, 1.807) is 36.4 Å². The van der Waals surface area contributed by atoms with E-state index in [2.05, 4.69) is 5.32 Å². The Labute approximate surface area is 164 Å². The standard InChI is InChI=1S/C21H25NO6/c1-5-25-18-11-15(12-19(26-6-2)20(18)27-7-3)21(24)28-17-10-8-9-16(13-17)22-14(4)23/h8-13H,5-7H2,1-4H3,(H,22,23). The van der Waals surface area contributed by atoms with Crippen molar-refractivity contribution in [1.82, 2.24) is 0 Å². The van der Waals surface area contributed by atoms with E-state index < -0.39 is 5.97 Å². The lowest BCUT2D eigenvalue weighted by Crippen LogP contribution is -2.11. The van der Waals surface area contributed by atoms with Crippen molar-refractivity contribution >= 4 is 17.6 Å². The quantitative estimate of drug-likeness (QED) is 0.516. The van der Waals surface area contributed by atoms with Gasteiger partial charge in [0.1, 0.15) is 5.75 Å². The number of carbonyl (C=O) groups is 2. The minimum Gasteiger partial charge on any atom is -0.490 e. The fraction of sp³-hybridized carbons (Fsp3) is 0.333. The van der Waals surface area contributed by atoms with E-state index in [-0.39, 0.29) is 11.5 Å². The molecule has 0 bridgehead atoms. The van der Waals surface area contributed by atoms with Gasteiger partial charge in [-0.05, 0) is 45.0 Å². The second-order valence-electron chi connectivity index (χ2n) is 5.70. The summed E-state index contributed by atoms with van der Waals surface area (Å²) in [5.41, 5.74) is 0.801. The average Bonchev–Trinajstić information content (AvgIpc) is 2.64. The minimum atomic E-state index is -0.579. The molecule has 28 heavy (non-hydrogen) atoms. The lowest BCUT2D eigenvalue weighted by Gasteiger charge is -2.17.